The molecule has 2 aromatic rings. The molecule has 1 saturated carbocycles. The summed E-state index contributed by atoms with van der Waals surface area (Å²) in [6, 6.07) is 10.3. The largest absolute Gasteiger partial charge is 0.349 e. The van der Waals surface area contributed by atoms with Gasteiger partial charge >= 0.3 is 0 Å². The number of rotatable bonds is 4. The summed E-state index contributed by atoms with van der Waals surface area (Å²) in [5.41, 5.74) is 2.67. The Morgan fingerprint density at radius 2 is 1.95 bits per heavy atom. The smallest absolute Gasteiger partial charge is 0.254 e. The van der Waals surface area contributed by atoms with E-state index in [4.69, 9.17) is 0 Å². The quantitative estimate of drug-likeness (QED) is 0.939. The Bertz CT molecular complexity index is 627. The summed E-state index contributed by atoms with van der Waals surface area (Å²) >= 11 is 0. The van der Waals surface area contributed by atoms with E-state index < -0.39 is 0 Å². The van der Waals surface area contributed by atoms with Gasteiger partial charge in [0.15, 0.2) is 0 Å². The number of carbonyl (C=O) groups excluding carboxylic acids is 1. The van der Waals surface area contributed by atoms with Gasteiger partial charge in [-0.05, 0) is 31.4 Å². The van der Waals surface area contributed by atoms with Crippen LogP contribution in [0.25, 0.3) is 5.69 Å². The van der Waals surface area contributed by atoms with E-state index in [1.807, 2.05) is 35.0 Å². The standard InChI is InChI=1S/C18H23N3O/c1-2-17-16(18(22)20-14-9-5-3-6-10-14)13-19-21(17)15-11-7-4-8-12-15/h4,7-8,11-14H,2-3,5-6,9-10H2,1H3,(H,20,22). The van der Waals surface area contributed by atoms with Gasteiger partial charge in [-0.25, -0.2) is 4.68 Å². The van der Waals surface area contributed by atoms with Gasteiger partial charge in [-0.15, -0.1) is 0 Å². The topological polar surface area (TPSA) is 46.9 Å². The van der Waals surface area contributed by atoms with Crippen LogP contribution < -0.4 is 5.32 Å². The highest BCUT2D eigenvalue weighted by Gasteiger charge is 2.21. The van der Waals surface area contributed by atoms with Crippen LogP contribution >= 0.6 is 0 Å². The Hall–Kier alpha value is -2.10. The molecule has 22 heavy (non-hydrogen) atoms. The van der Waals surface area contributed by atoms with Gasteiger partial charge in [-0.2, -0.15) is 5.10 Å². The van der Waals surface area contributed by atoms with Crippen LogP contribution in [0.3, 0.4) is 0 Å². The van der Waals surface area contributed by atoms with Crippen molar-refractivity contribution in [2.45, 2.75) is 51.5 Å². The second kappa shape index (κ2) is 6.77. The molecule has 0 saturated heterocycles. The molecular weight excluding hydrogens is 274 g/mol. The fraction of sp³-hybridized carbons (Fsp3) is 0.444. The van der Waals surface area contributed by atoms with Gasteiger partial charge in [0, 0.05) is 6.04 Å². The number of nitrogens with one attached hydrogen (secondary N) is 1. The number of aromatic nitrogens is 2. The summed E-state index contributed by atoms with van der Waals surface area (Å²) in [5, 5.41) is 7.61. The number of hydrogen-bond acceptors (Lipinski definition) is 2. The SMILES string of the molecule is CCc1c(C(=O)NC2CCCCC2)cnn1-c1ccccc1. The van der Waals surface area contributed by atoms with Gasteiger partial charge in [0.05, 0.1) is 23.1 Å². The molecule has 0 radical (unpaired) electrons. The Morgan fingerprint density at radius 3 is 2.64 bits per heavy atom. The fourth-order valence-electron chi connectivity index (χ4n) is 3.21. The number of nitrogens with zero attached hydrogens (tertiary/aromatic N) is 2. The third-order valence-corrected chi connectivity index (χ3v) is 4.39. The van der Waals surface area contributed by atoms with Crippen molar-refractivity contribution >= 4 is 5.91 Å². The fourth-order valence-corrected chi connectivity index (χ4v) is 3.21. The summed E-state index contributed by atoms with van der Waals surface area (Å²) in [5.74, 6) is 0.0194. The molecule has 1 fully saturated rings. The number of para-hydroxylation sites is 1. The van der Waals surface area contributed by atoms with Crippen molar-refractivity contribution in [3.05, 3.63) is 47.8 Å². The number of carbonyl (C=O) groups is 1. The van der Waals surface area contributed by atoms with E-state index in [0.29, 0.717) is 11.6 Å². The first-order valence-corrected chi connectivity index (χ1v) is 8.22. The zero-order chi connectivity index (χ0) is 15.4. The van der Waals surface area contributed by atoms with Crippen LogP contribution in [0, 0.1) is 0 Å². The highest BCUT2D eigenvalue weighted by molar-refractivity contribution is 5.95. The lowest BCUT2D eigenvalue weighted by Crippen LogP contribution is -2.36. The predicted molar refractivity (Wildman–Crippen MR) is 87.3 cm³/mol. The molecule has 1 N–H and O–H groups in total. The first-order chi connectivity index (χ1) is 10.8. The molecule has 0 bridgehead atoms. The maximum Gasteiger partial charge on any atom is 0.254 e. The molecule has 3 rings (SSSR count). The molecule has 0 atom stereocenters. The van der Waals surface area contributed by atoms with Crippen molar-refractivity contribution in [1.29, 1.82) is 0 Å². The third kappa shape index (κ3) is 3.06. The molecule has 4 heteroatoms. The van der Waals surface area contributed by atoms with Crippen molar-refractivity contribution < 1.29 is 4.79 Å². The molecule has 0 spiro atoms. The van der Waals surface area contributed by atoms with Crippen molar-refractivity contribution in [2.75, 3.05) is 0 Å². The maximum atomic E-state index is 12.6. The number of hydrogen-bond donors (Lipinski definition) is 1. The Kier molecular flexibility index (Phi) is 4.56. The van der Waals surface area contributed by atoms with E-state index in [0.717, 1.165) is 30.6 Å². The molecule has 0 aliphatic heterocycles. The van der Waals surface area contributed by atoms with E-state index in [1.165, 1.54) is 19.3 Å². The summed E-state index contributed by atoms with van der Waals surface area (Å²) < 4.78 is 1.87. The van der Waals surface area contributed by atoms with Crippen molar-refractivity contribution in [1.82, 2.24) is 15.1 Å². The molecule has 1 amide bonds. The second-order valence-corrected chi connectivity index (χ2v) is 5.91. The van der Waals surface area contributed by atoms with E-state index in [1.54, 1.807) is 6.20 Å². The number of benzene rings is 1. The van der Waals surface area contributed by atoms with Crippen molar-refractivity contribution in [2.24, 2.45) is 0 Å². The second-order valence-electron chi connectivity index (χ2n) is 5.91. The third-order valence-electron chi connectivity index (χ3n) is 4.39. The molecule has 1 aromatic heterocycles. The van der Waals surface area contributed by atoms with Crippen LogP contribution in [0.5, 0.6) is 0 Å². The highest BCUT2D eigenvalue weighted by atomic mass is 16.1. The van der Waals surface area contributed by atoms with Gasteiger partial charge in [-0.1, -0.05) is 44.4 Å². The monoisotopic (exact) mass is 297 g/mol. The van der Waals surface area contributed by atoms with Gasteiger partial charge in [-0.3, -0.25) is 4.79 Å². The lowest BCUT2D eigenvalue weighted by atomic mass is 9.95. The van der Waals surface area contributed by atoms with E-state index in [2.05, 4.69) is 17.3 Å². The summed E-state index contributed by atoms with van der Waals surface area (Å²) in [6.45, 7) is 2.06. The van der Waals surface area contributed by atoms with Crippen LogP contribution in [0.4, 0.5) is 0 Å². The van der Waals surface area contributed by atoms with Crippen molar-refractivity contribution in [3.63, 3.8) is 0 Å². The van der Waals surface area contributed by atoms with Crippen molar-refractivity contribution in [3.8, 4) is 5.69 Å². The van der Waals surface area contributed by atoms with E-state index in [-0.39, 0.29) is 5.91 Å². The Labute approximate surface area is 131 Å². The first-order valence-electron chi connectivity index (χ1n) is 8.22. The molecule has 4 nitrogen and oxygen atoms in total. The number of amides is 1. The van der Waals surface area contributed by atoms with E-state index in [9.17, 15) is 4.79 Å². The van der Waals surface area contributed by atoms with Gasteiger partial charge in [0.25, 0.3) is 5.91 Å². The summed E-state index contributed by atoms with van der Waals surface area (Å²) in [7, 11) is 0. The minimum atomic E-state index is 0.0194. The summed E-state index contributed by atoms with van der Waals surface area (Å²) in [6.07, 6.45) is 8.40. The molecule has 0 unspecified atom stereocenters. The molecule has 116 valence electrons. The van der Waals surface area contributed by atoms with Crippen LogP contribution in [0.1, 0.15) is 55.1 Å². The van der Waals surface area contributed by atoms with Gasteiger partial charge in [0.1, 0.15) is 0 Å². The highest BCUT2D eigenvalue weighted by Crippen LogP contribution is 2.19. The zero-order valence-electron chi connectivity index (χ0n) is 13.1. The minimum absolute atomic E-state index is 0.0194. The lowest BCUT2D eigenvalue weighted by Gasteiger charge is -2.22. The molecule has 1 aromatic carbocycles. The lowest BCUT2D eigenvalue weighted by molar-refractivity contribution is 0.0927. The predicted octanol–water partition coefficient (Wildman–Crippen LogP) is 3.50. The normalized spacial score (nSPS) is 15.7. The van der Waals surface area contributed by atoms with Crippen LogP contribution in [-0.4, -0.2) is 21.7 Å². The Morgan fingerprint density at radius 1 is 1.23 bits per heavy atom. The zero-order valence-corrected chi connectivity index (χ0v) is 13.1. The van der Waals surface area contributed by atoms with Crippen LogP contribution in [0.15, 0.2) is 36.5 Å². The van der Waals surface area contributed by atoms with Crippen LogP contribution in [0.2, 0.25) is 0 Å². The molecule has 1 aliphatic carbocycles. The molecule has 1 heterocycles. The minimum Gasteiger partial charge on any atom is -0.349 e. The summed E-state index contributed by atoms with van der Waals surface area (Å²) in [4.78, 5) is 12.6. The van der Waals surface area contributed by atoms with E-state index >= 15 is 0 Å². The first kappa shape index (κ1) is 14.8. The Balaban J connectivity index is 1.82. The molecular formula is C18H23N3O. The van der Waals surface area contributed by atoms with Crippen LogP contribution in [-0.2, 0) is 6.42 Å². The van der Waals surface area contributed by atoms with Gasteiger partial charge < -0.3 is 5.32 Å². The maximum absolute atomic E-state index is 12.6. The average Bonchev–Trinajstić information content (AvgIpc) is 3.00. The average molecular weight is 297 g/mol. The van der Waals surface area contributed by atoms with Gasteiger partial charge in [0.2, 0.25) is 0 Å². The molecule has 1 aliphatic rings.